The second kappa shape index (κ2) is 5.24. The Hall–Kier alpha value is -3.15. The molecule has 2 heterocycles. The largest absolute Gasteiger partial charge is 0.277 e. The number of H-pyrrole nitrogens is 1. The molecule has 0 fully saturated rings. The van der Waals surface area contributed by atoms with Crippen LogP contribution in [-0.2, 0) is 0 Å². The first-order chi connectivity index (χ1) is 11.2. The number of hydrogen-bond acceptors (Lipinski definition) is 3. The number of hydrogen-bond donors (Lipinski definition) is 1. The summed E-state index contributed by atoms with van der Waals surface area (Å²) in [4.78, 5) is 8.24. The van der Waals surface area contributed by atoms with Crippen LogP contribution in [0.25, 0.3) is 33.4 Å². The Bertz CT molecular complexity index is 976. The molecular formula is C17H10F2N4. The van der Waals surface area contributed by atoms with E-state index in [1.807, 2.05) is 0 Å². The first-order valence-corrected chi connectivity index (χ1v) is 6.93. The highest BCUT2D eigenvalue weighted by Gasteiger charge is 2.14. The van der Waals surface area contributed by atoms with Crippen molar-refractivity contribution in [3.8, 4) is 22.5 Å². The number of halogens is 2. The predicted molar refractivity (Wildman–Crippen MR) is 82.5 cm³/mol. The zero-order valence-electron chi connectivity index (χ0n) is 11.8. The van der Waals surface area contributed by atoms with Gasteiger partial charge in [0.05, 0.1) is 17.3 Å². The van der Waals surface area contributed by atoms with Crippen LogP contribution in [0.2, 0.25) is 0 Å². The van der Waals surface area contributed by atoms with Gasteiger partial charge in [-0.25, -0.2) is 8.78 Å². The van der Waals surface area contributed by atoms with Gasteiger partial charge in [0.1, 0.15) is 23.0 Å². The van der Waals surface area contributed by atoms with Crippen LogP contribution >= 0.6 is 0 Å². The fourth-order valence-electron chi connectivity index (χ4n) is 2.56. The van der Waals surface area contributed by atoms with E-state index in [1.165, 1.54) is 18.2 Å². The van der Waals surface area contributed by atoms with E-state index in [0.717, 1.165) is 10.9 Å². The van der Waals surface area contributed by atoms with Crippen LogP contribution in [0.15, 0.2) is 55.0 Å². The van der Waals surface area contributed by atoms with Gasteiger partial charge in [0, 0.05) is 17.8 Å². The smallest absolute Gasteiger partial charge is 0.133 e. The third-order valence-corrected chi connectivity index (χ3v) is 3.62. The standard InChI is InChI=1S/C17H10F2N4/c18-12-2-1-3-13(19)16(12)10-4-5-14-11(8-10)17(23-22-14)15-9-20-6-7-21-15/h1-9H,(H,22,23). The van der Waals surface area contributed by atoms with E-state index in [9.17, 15) is 8.78 Å². The average molecular weight is 308 g/mol. The molecule has 0 amide bonds. The number of nitrogens with one attached hydrogen (secondary N) is 1. The minimum Gasteiger partial charge on any atom is -0.277 e. The SMILES string of the molecule is Fc1cccc(F)c1-c1ccc2[nH]nc(-c3cnccn3)c2c1. The summed E-state index contributed by atoms with van der Waals surface area (Å²) in [5, 5.41) is 7.85. The molecule has 2 aromatic heterocycles. The Labute approximate surface area is 129 Å². The van der Waals surface area contributed by atoms with Gasteiger partial charge in [0.25, 0.3) is 0 Å². The first-order valence-electron chi connectivity index (χ1n) is 6.93. The highest BCUT2D eigenvalue weighted by molar-refractivity contribution is 5.94. The number of benzene rings is 2. The van der Waals surface area contributed by atoms with E-state index in [4.69, 9.17) is 0 Å². The topological polar surface area (TPSA) is 54.5 Å². The third kappa shape index (κ3) is 2.24. The normalized spacial score (nSPS) is 11.0. The lowest BCUT2D eigenvalue weighted by Gasteiger charge is -2.05. The van der Waals surface area contributed by atoms with Crippen molar-refractivity contribution < 1.29 is 8.78 Å². The van der Waals surface area contributed by atoms with Gasteiger partial charge in [-0.3, -0.25) is 15.1 Å². The lowest BCUT2D eigenvalue weighted by molar-refractivity contribution is 0.589. The van der Waals surface area contributed by atoms with Gasteiger partial charge in [0.2, 0.25) is 0 Å². The molecule has 4 nitrogen and oxygen atoms in total. The predicted octanol–water partition coefficient (Wildman–Crippen LogP) is 3.97. The third-order valence-electron chi connectivity index (χ3n) is 3.62. The maximum atomic E-state index is 14.0. The lowest BCUT2D eigenvalue weighted by Crippen LogP contribution is -1.90. The summed E-state index contributed by atoms with van der Waals surface area (Å²) in [5.41, 5.74) is 2.32. The van der Waals surface area contributed by atoms with E-state index in [0.29, 0.717) is 17.0 Å². The second-order valence-electron chi connectivity index (χ2n) is 5.02. The van der Waals surface area contributed by atoms with E-state index < -0.39 is 11.6 Å². The number of aromatic amines is 1. The molecule has 0 radical (unpaired) electrons. The number of fused-ring (bicyclic) bond motifs is 1. The van der Waals surface area contributed by atoms with Crippen LogP contribution in [0.3, 0.4) is 0 Å². The highest BCUT2D eigenvalue weighted by Crippen LogP contribution is 2.31. The van der Waals surface area contributed by atoms with E-state index in [-0.39, 0.29) is 5.56 Å². The van der Waals surface area contributed by atoms with Gasteiger partial charge in [-0.15, -0.1) is 0 Å². The molecule has 1 N–H and O–H groups in total. The van der Waals surface area contributed by atoms with Crippen molar-refractivity contribution in [2.45, 2.75) is 0 Å². The van der Waals surface area contributed by atoms with Crippen molar-refractivity contribution in [2.75, 3.05) is 0 Å². The lowest BCUT2D eigenvalue weighted by atomic mass is 10.0. The van der Waals surface area contributed by atoms with Gasteiger partial charge < -0.3 is 0 Å². The van der Waals surface area contributed by atoms with Crippen LogP contribution in [-0.4, -0.2) is 20.2 Å². The molecule has 23 heavy (non-hydrogen) atoms. The Morgan fingerprint density at radius 3 is 2.52 bits per heavy atom. The summed E-state index contributed by atoms with van der Waals surface area (Å²) in [6.07, 6.45) is 4.72. The summed E-state index contributed by atoms with van der Waals surface area (Å²) in [5.74, 6) is -1.21. The Morgan fingerprint density at radius 2 is 1.78 bits per heavy atom. The molecule has 0 aliphatic heterocycles. The first kappa shape index (κ1) is 13.5. The van der Waals surface area contributed by atoms with Crippen LogP contribution in [0.5, 0.6) is 0 Å². The van der Waals surface area contributed by atoms with Gasteiger partial charge in [-0.2, -0.15) is 5.10 Å². The maximum Gasteiger partial charge on any atom is 0.133 e. The highest BCUT2D eigenvalue weighted by atomic mass is 19.1. The molecule has 4 aromatic rings. The molecule has 0 atom stereocenters. The van der Waals surface area contributed by atoms with Crippen molar-refractivity contribution >= 4 is 10.9 Å². The van der Waals surface area contributed by atoms with Crippen LogP contribution < -0.4 is 0 Å². The zero-order chi connectivity index (χ0) is 15.8. The summed E-state index contributed by atoms with van der Waals surface area (Å²) in [6.45, 7) is 0. The average Bonchev–Trinajstić information content (AvgIpc) is 2.99. The van der Waals surface area contributed by atoms with Gasteiger partial charge in [-0.1, -0.05) is 12.1 Å². The quantitative estimate of drug-likeness (QED) is 0.609. The second-order valence-corrected chi connectivity index (χ2v) is 5.02. The van der Waals surface area contributed by atoms with Gasteiger partial charge >= 0.3 is 0 Å². The molecular weight excluding hydrogens is 298 g/mol. The van der Waals surface area contributed by atoms with Crippen LogP contribution in [0, 0.1) is 11.6 Å². The summed E-state index contributed by atoms with van der Waals surface area (Å²) in [7, 11) is 0. The molecule has 6 heteroatoms. The fourth-order valence-corrected chi connectivity index (χ4v) is 2.56. The van der Waals surface area contributed by atoms with Crippen molar-refractivity contribution in [1.29, 1.82) is 0 Å². The van der Waals surface area contributed by atoms with Crippen molar-refractivity contribution in [2.24, 2.45) is 0 Å². The molecule has 2 aromatic carbocycles. The molecule has 0 spiro atoms. The molecule has 0 saturated heterocycles. The maximum absolute atomic E-state index is 14.0. The summed E-state index contributed by atoms with van der Waals surface area (Å²) in [6, 6.07) is 8.91. The van der Waals surface area contributed by atoms with E-state index >= 15 is 0 Å². The number of aromatic nitrogens is 4. The van der Waals surface area contributed by atoms with Crippen LogP contribution in [0.1, 0.15) is 0 Å². The number of rotatable bonds is 2. The summed E-state index contributed by atoms with van der Waals surface area (Å²) < 4.78 is 28.0. The van der Waals surface area contributed by atoms with Gasteiger partial charge in [-0.05, 0) is 29.8 Å². The number of nitrogens with zero attached hydrogens (tertiary/aromatic N) is 3. The molecule has 0 bridgehead atoms. The molecule has 4 rings (SSSR count). The Kier molecular flexibility index (Phi) is 3.08. The minimum atomic E-state index is -0.603. The summed E-state index contributed by atoms with van der Waals surface area (Å²) >= 11 is 0. The van der Waals surface area contributed by atoms with Crippen molar-refractivity contribution in [1.82, 2.24) is 20.2 Å². The molecule has 0 saturated carbocycles. The minimum absolute atomic E-state index is 0.0549. The molecule has 0 aliphatic carbocycles. The molecule has 112 valence electrons. The molecule has 0 unspecified atom stereocenters. The Balaban J connectivity index is 1.95. The zero-order valence-corrected chi connectivity index (χ0v) is 11.8. The van der Waals surface area contributed by atoms with Gasteiger partial charge in [0.15, 0.2) is 0 Å². The fraction of sp³-hybridized carbons (Fsp3) is 0. The van der Waals surface area contributed by atoms with Crippen LogP contribution in [0.4, 0.5) is 8.78 Å². The van der Waals surface area contributed by atoms with Crippen molar-refractivity contribution in [3.05, 3.63) is 66.6 Å². The van der Waals surface area contributed by atoms with E-state index in [1.54, 1.807) is 36.8 Å². The monoisotopic (exact) mass is 308 g/mol. The van der Waals surface area contributed by atoms with Crippen molar-refractivity contribution in [3.63, 3.8) is 0 Å². The molecule has 0 aliphatic rings. The Morgan fingerprint density at radius 1 is 0.957 bits per heavy atom. The van der Waals surface area contributed by atoms with E-state index in [2.05, 4.69) is 20.2 Å².